The summed E-state index contributed by atoms with van der Waals surface area (Å²) in [6, 6.07) is 0. The van der Waals surface area contributed by atoms with Crippen LogP contribution in [0.1, 0.15) is 53.4 Å². The number of fused-ring (bicyclic) bond motifs is 1. The number of aliphatic hydroxyl groups is 1. The summed E-state index contributed by atoms with van der Waals surface area (Å²) >= 11 is 0. The van der Waals surface area contributed by atoms with Crippen LogP contribution in [0.15, 0.2) is 36.0 Å². The van der Waals surface area contributed by atoms with Crippen molar-refractivity contribution in [3.8, 4) is 0 Å². The van der Waals surface area contributed by atoms with Crippen molar-refractivity contribution in [3.63, 3.8) is 0 Å². The minimum Gasteiger partial charge on any atom is -0.386 e. The van der Waals surface area contributed by atoms with Crippen LogP contribution in [-0.4, -0.2) is 10.7 Å². The van der Waals surface area contributed by atoms with Gasteiger partial charge in [0.1, 0.15) is 0 Å². The molecule has 0 amide bonds. The van der Waals surface area contributed by atoms with Gasteiger partial charge in [0.05, 0.1) is 5.60 Å². The Morgan fingerprint density at radius 1 is 1.33 bits per heavy atom. The molecule has 21 heavy (non-hydrogen) atoms. The van der Waals surface area contributed by atoms with Crippen LogP contribution >= 0.6 is 0 Å². The molecule has 0 heterocycles. The molecule has 0 aromatic carbocycles. The lowest BCUT2D eigenvalue weighted by Gasteiger charge is -2.38. The van der Waals surface area contributed by atoms with Crippen molar-refractivity contribution in [2.45, 2.75) is 59.0 Å². The molecule has 0 saturated heterocycles. The van der Waals surface area contributed by atoms with Crippen molar-refractivity contribution in [3.05, 3.63) is 36.0 Å². The Kier molecular flexibility index (Phi) is 3.48. The molecule has 0 bridgehead atoms. The molecule has 3 rings (SSSR count). The Labute approximate surface area is 129 Å². The zero-order valence-corrected chi connectivity index (χ0v) is 14.0. The summed E-state index contributed by atoms with van der Waals surface area (Å²) in [5.74, 6) is 2.68. The van der Waals surface area contributed by atoms with Crippen molar-refractivity contribution in [2.24, 2.45) is 29.1 Å². The third-order valence-corrected chi connectivity index (χ3v) is 6.56. The fourth-order valence-corrected chi connectivity index (χ4v) is 5.55. The summed E-state index contributed by atoms with van der Waals surface area (Å²) in [6.45, 7) is 13.0. The Morgan fingerprint density at radius 3 is 2.71 bits per heavy atom. The molecule has 0 aromatic heterocycles. The zero-order chi connectivity index (χ0) is 15.4. The van der Waals surface area contributed by atoms with Gasteiger partial charge < -0.3 is 5.11 Å². The highest BCUT2D eigenvalue weighted by atomic mass is 16.3. The van der Waals surface area contributed by atoms with E-state index < -0.39 is 5.60 Å². The van der Waals surface area contributed by atoms with Gasteiger partial charge in [-0.2, -0.15) is 0 Å². The van der Waals surface area contributed by atoms with Gasteiger partial charge in [-0.05, 0) is 75.5 Å². The van der Waals surface area contributed by atoms with E-state index in [9.17, 15) is 5.11 Å². The Bertz CT molecular complexity index is 506. The minimum atomic E-state index is -0.686. The fourth-order valence-electron chi connectivity index (χ4n) is 5.55. The number of hydrogen-bond acceptors (Lipinski definition) is 1. The van der Waals surface area contributed by atoms with Gasteiger partial charge in [0.25, 0.3) is 0 Å². The van der Waals surface area contributed by atoms with Crippen molar-refractivity contribution in [1.82, 2.24) is 0 Å². The lowest BCUT2D eigenvalue weighted by Crippen LogP contribution is -2.38. The van der Waals surface area contributed by atoms with Crippen molar-refractivity contribution in [1.29, 1.82) is 0 Å². The maximum Gasteiger partial charge on any atom is 0.0833 e. The van der Waals surface area contributed by atoms with Crippen molar-refractivity contribution >= 4 is 0 Å². The van der Waals surface area contributed by atoms with Gasteiger partial charge in [0.2, 0.25) is 0 Å². The van der Waals surface area contributed by atoms with Gasteiger partial charge in [-0.3, -0.25) is 0 Å². The summed E-state index contributed by atoms with van der Waals surface area (Å²) < 4.78 is 0. The van der Waals surface area contributed by atoms with Crippen molar-refractivity contribution < 1.29 is 5.11 Å². The predicted octanol–water partition coefficient (Wildman–Crippen LogP) is 4.89. The third kappa shape index (κ3) is 2.16. The van der Waals surface area contributed by atoms with Crippen LogP contribution in [0.2, 0.25) is 0 Å². The van der Waals surface area contributed by atoms with Gasteiger partial charge in [-0.25, -0.2) is 0 Å². The van der Waals surface area contributed by atoms with Crippen LogP contribution in [0.4, 0.5) is 0 Å². The van der Waals surface area contributed by atoms with Gasteiger partial charge in [0.15, 0.2) is 0 Å². The maximum absolute atomic E-state index is 11.0. The van der Waals surface area contributed by atoms with E-state index in [1.165, 1.54) is 24.0 Å². The molecule has 116 valence electrons. The topological polar surface area (TPSA) is 20.2 Å². The first-order chi connectivity index (χ1) is 9.80. The van der Waals surface area contributed by atoms with Gasteiger partial charge in [-0.15, -0.1) is 0 Å². The Morgan fingerprint density at radius 2 is 2.05 bits per heavy atom. The first-order valence-corrected chi connectivity index (χ1v) is 8.54. The lowest BCUT2D eigenvalue weighted by atomic mass is 9.70. The summed E-state index contributed by atoms with van der Waals surface area (Å²) in [6.07, 6.45) is 11.0. The molecule has 1 nitrogen and oxygen atoms in total. The SMILES string of the molecule is C=C1CC[C@@H](C(C)(O)/C=C/C=C(C)C)[C@H]2[C@@H]3[C@H](C)CC[C@@]132. The Balaban J connectivity index is 1.83. The van der Waals surface area contributed by atoms with E-state index in [0.717, 1.165) is 24.7 Å². The summed E-state index contributed by atoms with van der Waals surface area (Å²) in [4.78, 5) is 0. The highest BCUT2D eigenvalue weighted by molar-refractivity contribution is 5.36. The van der Waals surface area contributed by atoms with Crippen LogP contribution in [-0.2, 0) is 0 Å². The minimum absolute atomic E-state index is 0.399. The van der Waals surface area contributed by atoms with Gasteiger partial charge in [-0.1, -0.05) is 42.9 Å². The molecular formula is C20H30O. The summed E-state index contributed by atoms with van der Waals surface area (Å²) in [5.41, 5.74) is 2.47. The third-order valence-electron chi connectivity index (χ3n) is 6.56. The smallest absolute Gasteiger partial charge is 0.0833 e. The summed E-state index contributed by atoms with van der Waals surface area (Å²) in [7, 11) is 0. The summed E-state index contributed by atoms with van der Waals surface area (Å²) in [5, 5.41) is 11.0. The first-order valence-electron chi connectivity index (χ1n) is 8.54. The standard InChI is InChI=1S/C20H30O/c1-13(2)7-6-11-19(5,21)16-9-8-15(4)20-12-10-14(3)17(20)18(16)20/h6-7,11,14,16-18,21H,4,8-10,12H2,1-3,5H3/b11-6+/t14-,16-,17+,18+,19?,20-/m1/s1. The van der Waals surface area contributed by atoms with E-state index in [4.69, 9.17) is 0 Å². The molecule has 0 aromatic rings. The van der Waals surface area contributed by atoms with E-state index >= 15 is 0 Å². The van der Waals surface area contributed by atoms with Crippen molar-refractivity contribution in [2.75, 3.05) is 0 Å². The van der Waals surface area contributed by atoms with E-state index in [1.54, 1.807) is 0 Å². The van der Waals surface area contributed by atoms with E-state index in [-0.39, 0.29) is 0 Å². The zero-order valence-electron chi connectivity index (χ0n) is 14.0. The molecule has 3 aliphatic carbocycles. The number of rotatable bonds is 3. The maximum atomic E-state index is 11.0. The molecule has 3 aliphatic rings. The molecule has 3 fully saturated rings. The molecule has 6 atom stereocenters. The largest absolute Gasteiger partial charge is 0.386 e. The predicted molar refractivity (Wildman–Crippen MR) is 88.9 cm³/mol. The van der Waals surface area contributed by atoms with E-state index in [0.29, 0.717) is 17.3 Å². The molecule has 0 aliphatic heterocycles. The number of allylic oxidation sites excluding steroid dienone is 4. The molecule has 1 heteroatoms. The molecular weight excluding hydrogens is 256 g/mol. The van der Waals surface area contributed by atoms with E-state index in [1.807, 2.05) is 19.1 Å². The highest BCUT2D eigenvalue weighted by Crippen LogP contribution is 2.79. The quantitative estimate of drug-likeness (QED) is 0.578. The highest BCUT2D eigenvalue weighted by Gasteiger charge is 2.74. The molecule has 0 radical (unpaired) electrons. The van der Waals surface area contributed by atoms with Crippen LogP contribution in [0, 0.1) is 29.1 Å². The van der Waals surface area contributed by atoms with Crippen LogP contribution in [0.3, 0.4) is 0 Å². The average molecular weight is 286 g/mol. The second kappa shape index (κ2) is 4.84. The van der Waals surface area contributed by atoms with Gasteiger partial charge >= 0.3 is 0 Å². The van der Waals surface area contributed by atoms with Crippen LogP contribution < -0.4 is 0 Å². The molecule has 1 spiro atoms. The second-order valence-electron chi connectivity index (χ2n) is 8.19. The normalized spacial score (nSPS) is 44.1. The molecule has 1 unspecified atom stereocenters. The second-order valence-corrected chi connectivity index (χ2v) is 8.19. The van der Waals surface area contributed by atoms with Gasteiger partial charge in [0, 0.05) is 0 Å². The van der Waals surface area contributed by atoms with Crippen LogP contribution in [0.5, 0.6) is 0 Å². The first kappa shape index (κ1) is 15.1. The molecule has 1 N–H and O–H groups in total. The number of hydrogen-bond donors (Lipinski definition) is 1. The lowest BCUT2D eigenvalue weighted by molar-refractivity contribution is 0.0140. The van der Waals surface area contributed by atoms with Crippen LogP contribution in [0.25, 0.3) is 0 Å². The van der Waals surface area contributed by atoms with E-state index in [2.05, 4.69) is 33.4 Å². The Hall–Kier alpha value is -0.820. The average Bonchev–Trinajstić information content (AvgIpc) is 2.95. The molecule has 3 saturated carbocycles. The fraction of sp³-hybridized carbons (Fsp3) is 0.700. The monoisotopic (exact) mass is 286 g/mol.